The summed E-state index contributed by atoms with van der Waals surface area (Å²) in [5.41, 5.74) is -0.0174. The number of ketones is 1. The van der Waals surface area contributed by atoms with Gasteiger partial charge < -0.3 is 5.11 Å². The lowest BCUT2D eigenvalue weighted by atomic mass is 10.1. The Morgan fingerprint density at radius 3 is 2.41 bits per heavy atom. The zero-order valence-electron chi connectivity index (χ0n) is 8.41. The summed E-state index contributed by atoms with van der Waals surface area (Å²) >= 11 is 16.9. The van der Waals surface area contributed by atoms with E-state index < -0.39 is 23.2 Å². The molecule has 0 saturated carbocycles. The predicted octanol–water partition coefficient (Wildman–Crippen LogP) is 3.27. The molecule has 17 heavy (non-hydrogen) atoms. The Kier molecular flexibility index (Phi) is 5.00. The minimum Gasteiger partial charge on any atom is -0.478 e. The van der Waals surface area contributed by atoms with Crippen LogP contribution in [0.25, 0.3) is 6.08 Å². The second-order valence-electron chi connectivity index (χ2n) is 3.09. The first-order valence-corrected chi connectivity index (χ1v) is 5.74. The molecule has 0 fully saturated rings. The monoisotopic (exact) mass is 292 g/mol. The van der Waals surface area contributed by atoms with Crippen LogP contribution in [0.1, 0.15) is 5.56 Å². The van der Waals surface area contributed by atoms with Crippen LogP contribution in [-0.4, -0.2) is 22.7 Å². The number of carbonyl (C=O) groups excluding carboxylic acids is 1. The third kappa shape index (κ3) is 3.73. The number of benzene rings is 1. The number of carboxylic acids is 1. The van der Waals surface area contributed by atoms with E-state index in [2.05, 4.69) is 0 Å². The predicted molar refractivity (Wildman–Crippen MR) is 67.8 cm³/mol. The van der Waals surface area contributed by atoms with Crippen molar-refractivity contribution in [3.8, 4) is 0 Å². The number of carbonyl (C=O) groups is 2. The van der Waals surface area contributed by atoms with E-state index in [1.807, 2.05) is 0 Å². The van der Waals surface area contributed by atoms with Crippen LogP contribution in [0.2, 0.25) is 10.0 Å². The number of hydrogen-bond acceptors (Lipinski definition) is 2. The first kappa shape index (κ1) is 14.0. The molecule has 0 aromatic heterocycles. The molecular weight excluding hydrogens is 286 g/mol. The molecule has 0 amide bonds. The Hall–Kier alpha value is -1.03. The van der Waals surface area contributed by atoms with Crippen LogP contribution >= 0.6 is 34.8 Å². The second kappa shape index (κ2) is 6.05. The highest BCUT2D eigenvalue weighted by atomic mass is 35.5. The van der Waals surface area contributed by atoms with Crippen LogP contribution < -0.4 is 0 Å². The van der Waals surface area contributed by atoms with E-state index in [1.165, 1.54) is 18.2 Å². The molecule has 0 bridgehead atoms. The van der Waals surface area contributed by atoms with Crippen molar-refractivity contribution < 1.29 is 14.7 Å². The van der Waals surface area contributed by atoms with Crippen molar-refractivity contribution in [1.29, 1.82) is 0 Å². The largest absolute Gasteiger partial charge is 0.478 e. The van der Waals surface area contributed by atoms with Crippen LogP contribution in [0.4, 0.5) is 0 Å². The molecule has 1 N–H and O–H groups in total. The van der Waals surface area contributed by atoms with Crippen LogP contribution in [0.5, 0.6) is 0 Å². The first-order valence-electron chi connectivity index (χ1n) is 4.45. The summed E-state index contributed by atoms with van der Waals surface area (Å²) in [6.45, 7) is 0. The van der Waals surface area contributed by atoms with Gasteiger partial charge in [0.15, 0.2) is 5.78 Å². The van der Waals surface area contributed by atoms with Gasteiger partial charge in [0, 0.05) is 10.0 Å². The van der Waals surface area contributed by atoms with Crippen LogP contribution in [0, 0.1) is 0 Å². The molecule has 1 aromatic carbocycles. The van der Waals surface area contributed by atoms with Crippen molar-refractivity contribution in [3.05, 3.63) is 39.4 Å². The van der Waals surface area contributed by atoms with Gasteiger partial charge in [-0.3, -0.25) is 4.79 Å². The molecule has 1 rings (SSSR count). The molecule has 0 aliphatic heterocycles. The lowest BCUT2D eigenvalue weighted by Crippen LogP contribution is -2.13. The van der Waals surface area contributed by atoms with Crippen molar-refractivity contribution in [2.45, 2.75) is 0 Å². The fourth-order valence-electron chi connectivity index (χ4n) is 1.11. The van der Waals surface area contributed by atoms with Crippen molar-refractivity contribution in [2.24, 2.45) is 0 Å². The first-order chi connectivity index (χ1) is 7.95. The van der Waals surface area contributed by atoms with Crippen LogP contribution in [0.3, 0.4) is 0 Å². The van der Waals surface area contributed by atoms with Gasteiger partial charge in [0.2, 0.25) is 0 Å². The van der Waals surface area contributed by atoms with Gasteiger partial charge >= 0.3 is 5.97 Å². The highest BCUT2D eigenvalue weighted by molar-refractivity contribution is 6.37. The summed E-state index contributed by atoms with van der Waals surface area (Å²) in [4.78, 5) is 22.2. The molecule has 90 valence electrons. The van der Waals surface area contributed by atoms with E-state index in [1.54, 1.807) is 6.07 Å². The van der Waals surface area contributed by atoms with Crippen molar-refractivity contribution in [3.63, 3.8) is 0 Å². The van der Waals surface area contributed by atoms with Gasteiger partial charge in [-0.25, -0.2) is 4.79 Å². The minimum absolute atomic E-state index is 0.263. The fourth-order valence-corrected chi connectivity index (χ4v) is 1.71. The Balaban J connectivity index is 3.22. The van der Waals surface area contributed by atoms with Crippen molar-refractivity contribution in [1.82, 2.24) is 0 Å². The maximum Gasteiger partial charge on any atom is 0.339 e. The average molecular weight is 294 g/mol. The molecule has 0 heterocycles. The van der Waals surface area contributed by atoms with Gasteiger partial charge in [0.1, 0.15) is 5.57 Å². The highest BCUT2D eigenvalue weighted by Gasteiger charge is 2.16. The molecular formula is C11H7Cl3O3. The summed E-state index contributed by atoms with van der Waals surface area (Å²) in [5, 5.41) is 9.55. The van der Waals surface area contributed by atoms with Crippen LogP contribution in [-0.2, 0) is 9.59 Å². The SMILES string of the molecule is O=C(O)/C(=C\c1ccc(Cl)cc1Cl)C(=O)CCl. The summed E-state index contributed by atoms with van der Waals surface area (Å²) in [5.74, 6) is -2.42. The molecule has 0 atom stereocenters. The van der Waals surface area contributed by atoms with Gasteiger partial charge in [-0.15, -0.1) is 11.6 Å². The van der Waals surface area contributed by atoms with E-state index in [9.17, 15) is 9.59 Å². The van der Waals surface area contributed by atoms with Crippen LogP contribution in [0.15, 0.2) is 23.8 Å². The zero-order valence-corrected chi connectivity index (χ0v) is 10.7. The van der Waals surface area contributed by atoms with Gasteiger partial charge in [0.25, 0.3) is 0 Å². The smallest absolute Gasteiger partial charge is 0.339 e. The number of Topliss-reactive ketones (excluding diaryl/α,β-unsaturated/α-hetero) is 1. The molecule has 0 aliphatic carbocycles. The number of halogens is 3. The van der Waals surface area contributed by atoms with E-state index in [-0.39, 0.29) is 5.02 Å². The topological polar surface area (TPSA) is 54.4 Å². The Morgan fingerprint density at radius 2 is 1.94 bits per heavy atom. The maximum atomic E-state index is 11.3. The molecule has 0 spiro atoms. The molecule has 6 heteroatoms. The summed E-state index contributed by atoms with van der Waals surface area (Å²) in [7, 11) is 0. The minimum atomic E-state index is -1.35. The molecule has 0 unspecified atom stereocenters. The van der Waals surface area contributed by atoms with Gasteiger partial charge in [-0.2, -0.15) is 0 Å². The molecule has 3 nitrogen and oxygen atoms in total. The molecule has 0 radical (unpaired) electrons. The Bertz CT molecular complexity index is 495. The average Bonchev–Trinajstić information content (AvgIpc) is 2.26. The third-order valence-electron chi connectivity index (χ3n) is 1.91. The standard InChI is InChI=1S/C11H7Cl3O3/c12-5-10(15)8(11(16)17)3-6-1-2-7(13)4-9(6)14/h1-4H,5H2,(H,16,17)/b8-3-. The zero-order chi connectivity index (χ0) is 13.0. The highest BCUT2D eigenvalue weighted by Crippen LogP contribution is 2.23. The number of aliphatic carboxylic acids is 1. The van der Waals surface area contributed by atoms with E-state index in [0.29, 0.717) is 10.6 Å². The number of carboxylic acid groups (broad SMARTS) is 1. The number of rotatable bonds is 4. The Morgan fingerprint density at radius 1 is 1.29 bits per heavy atom. The summed E-state index contributed by atoms with van der Waals surface area (Å²) in [6.07, 6.45) is 1.17. The van der Waals surface area contributed by atoms with E-state index in [4.69, 9.17) is 39.9 Å². The molecule has 1 aromatic rings. The molecule has 0 saturated heterocycles. The maximum absolute atomic E-state index is 11.3. The second-order valence-corrected chi connectivity index (χ2v) is 4.20. The molecule has 0 aliphatic rings. The van der Waals surface area contributed by atoms with Gasteiger partial charge in [0.05, 0.1) is 5.88 Å². The van der Waals surface area contributed by atoms with E-state index in [0.717, 1.165) is 0 Å². The Labute approximate surface area is 113 Å². The lowest BCUT2D eigenvalue weighted by Gasteiger charge is -2.02. The summed E-state index contributed by atoms with van der Waals surface area (Å²) < 4.78 is 0. The summed E-state index contributed by atoms with van der Waals surface area (Å²) in [6, 6.07) is 4.53. The number of hydrogen-bond donors (Lipinski definition) is 1. The lowest BCUT2D eigenvalue weighted by molar-refractivity contribution is -0.134. The third-order valence-corrected chi connectivity index (χ3v) is 2.72. The normalized spacial score (nSPS) is 11.4. The van der Waals surface area contributed by atoms with Gasteiger partial charge in [-0.05, 0) is 23.8 Å². The van der Waals surface area contributed by atoms with Crippen molar-refractivity contribution >= 4 is 52.6 Å². The van der Waals surface area contributed by atoms with Gasteiger partial charge in [-0.1, -0.05) is 29.3 Å². The van der Waals surface area contributed by atoms with Crippen molar-refractivity contribution in [2.75, 3.05) is 5.88 Å². The quantitative estimate of drug-likeness (QED) is 0.401. The van der Waals surface area contributed by atoms with E-state index >= 15 is 0 Å². The number of alkyl halides is 1. The fraction of sp³-hybridized carbons (Fsp3) is 0.0909.